The fraction of sp³-hybridized carbons (Fsp3) is 0.727. The Hall–Kier alpha value is -0.580. The monoisotopic (exact) mass is 247 g/mol. The summed E-state index contributed by atoms with van der Waals surface area (Å²) >= 11 is 0. The Morgan fingerprint density at radius 2 is 2.25 bits per heavy atom. The van der Waals surface area contributed by atoms with Crippen LogP contribution in [0.5, 0.6) is 0 Å². The van der Waals surface area contributed by atoms with Crippen molar-refractivity contribution in [3.05, 3.63) is 18.0 Å². The van der Waals surface area contributed by atoms with Gasteiger partial charge in [-0.15, -0.1) is 12.4 Å². The first kappa shape index (κ1) is 15.4. The molecule has 0 aliphatic rings. The molecular weight excluding hydrogens is 226 g/mol. The number of aromatic nitrogens is 2. The van der Waals surface area contributed by atoms with Gasteiger partial charge in [0.25, 0.3) is 0 Å². The number of ether oxygens (including phenoxy) is 1. The molecule has 0 atom stereocenters. The van der Waals surface area contributed by atoms with Crippen LogP contribution in [0.15, 0.2) is 12.3 Å². The van der Waals surface area contributed by atoms with E-state index in [1.54, 1.807) is 0 Å². The molecule has 0 aromatic carbocycles. The third kappa shape index (κ3) is 5.49. The van der Waals surface area contributed by atoms with Gasteiger partial charge in [0, 0.05) is 32.5 Å². The van der Waals surface area contributed by atoms with Gasteiger partial charge in [-0.25, -0.2) is 0 Å². The minimum Gasteiger partial charge on any atom is -0.382 e. The zero-order valence-electron chi connectivity index (χ0n) is 10.1. The van der Waals surface area contributed by atoms with Gasteiger partial charge < -0.3 is 10.1 Å². The second-order valence-corrected chi connectivity index (χ2v) is 3.37. The van der Waals surface area contributed by atoms with Gasteiger partial charge >= 0.3 is 0 Å². The second kappa shape index (κ2) is 9.63. The number of aryl methyl sites for hydroxylation is 1. The molecule has 4 nitrogen and oxygen atoms in total. The maximum absolute atomic E-state index is 5.26. The van der Waals surface area contributed by atoms with E-state index < -0.39 is 0 Å². The van der Waals surface area contributed by atoms with Crippen LogP contribution in [0.1, 0.15) is 26.0 Å². The van der Waals surface area contributed by atoms with Crippen LogP contribution in [-0.2, 0) is 17.8 Å². The van der Waals surface area contributed by atoms with E-state index in [1.165, 1.54) is 5.69 Å². The largest absolute Gasteiger partial charge is 0.382 e. The SMILES string of the molecule is CCOCCCNCc1ccnn1CC.Cl. The van der Waals surface area contributed by atoms with Gasteiger partial charge in [-0.1, -0.05) is 0 Å². The summed E-state index contributed by atoms with van der Waals surface area (Å²) in [4.78, 5) is 0. The number of nitrogens with zero attached hydrogens (tertiary/aromatic N) is 2. The Bertz CT molecular complexity index is 265. The average molecular weight is 248 g/mol. The molecule has 0 spiro atoms. The van der Waals surface area contributed by atoms with Crippen LogP contribution in [0.4, 0.5) is 0 Å². The predicted molar refractivity (Wildman–Crippen MR) is 68.0 cm³/mol. The van der Waals surface area contributed by atoms with Gasteiger partial charge in [0.15, 0.2) is 0 Å². The van der Waals surface area contributed by atoms with Gasteiger partial charge in [-0.2, -0.15) is 5.10 Å². The number of halogens is 1. The standard InChI is InChI=1S/C11H21N3O.ClH/c1-3-14-11(6-8-13-14)10-12-7-5-9-15-4-2;/h6,8,12H,3-5,7,9-10H2,1-2H3;1H. The fourth-order valence-corrected chi connectivity index (χ4v) is 1.45. The van der Waals surface area contributed by atoms with Crippen molar-refractivity contribution in [2.75, 3.05) is 19.8 Å². The van der Waals surface area contributed by atoms with Crippen molar-refractivity contribution in [3.63, 3.8) is 0 Å². The quantitative estimate of drug-likeness (QED) is 0.713. The van der Waals surface area contributed by atoms with Crippen LogP contribution in [0.2, 0.25) is 0 Å². The molecule has 0 fully saturated rings. The summed E-state index contributed by atoms with van der Waals surface area (Å²) in [6.07, 6.45) is 2.91. The molecule has 0 radical (unpaired) electrons. The van der Waals surface area contributed by atoms with Gasteiger partial charge in [0.1, 0.15) is 0 Å². The molecule has 0 unspecified atom stereocenters. The first-order valence-electron chi connectivity index (χ1n) is 5.67. The highest BCUT2D eigenvalue weighted by Gasteiger charge is 1.98. The first-order valence-corrected chi connectivity index (χ1v) is 5.67. The fourth-order valence-electron chi connectivity index (χ4n) is 1.45. The topological polar surface area (TPSA) is 39.1 Å². The summed E-state index contributed by atoms with van der Waals surface area (Å²) in [5.41, 5.74) is 1.24. The molecule has 94 valence electrons. The van der Waals surface area contributed by atoms with Crippen molar-refractivity contribution < 1.29 is 4.74 Å². The zero-order chi connectivity index (χ0) is 10.9. The molecule has 0 amide bonds. The van der Waals surface area contributed by atoms with Crippen LogP contribution < -0.4 is 5.32 Å². The molecule has 0 saturated carbocycles. The van der Waals surface area contributed by atoms with E-state index in [0.29, 0.717) is 0 Å². The maximum Gasteiger partial charge on any atom is 0.0521 e. The van der Waals surface area contributed by atoms with Gasteiger partial charge in [-0.05, 0) is 32.9 Å². The summed E-state index contributed by atoms with van der Waals surface area (Å²) in [6.45, 7) is 8.59. The highest BCUT2D eigenvalue weighted by molar-refractivity contribution is 5.85. The molecule has 0 saturated heterocycles. The molecule has 16 heavy (non-hydrogen) atoms. The maximum atomic E-state index is 5.26. The van der Waals surface area contributed by atoms with Crippen LogP contribution in [0, 0.1) is 0 Å². The van der Waals surface area contributed by atoms with E-state index in [0.717, 1.165) is 39.3 Å². The summed E-state index contributed by atoms with van der Waals surface area (Å²) in [5.74, 6) is 0. The smallest absolute Gasteiger partial charge is 0.0521 e. The van der Waals surface area contributed by atoms with Crippen molar-refractivity contribution in [3.8, 4) is 0 Å². The summed E-state index contributed by atoms with van der Waals surface area (Å²) in [7, 11) is 0. The number of rotatable bonds is 8. The Kier molecular flexibility index (Phi) is 9.28. The molecular formula is C11H22ClN3O. The van der Waals surface area contributed by atoms with Gasteiger partial charge in [0.2, 0.25) is 0 Å². The molecule has 1 heterocycles. The number of nitrogens with one attached hydrogen (secondary N) is 1. The van der Waals surface area contributed by atoms with E-state index in [4.69, 9.17) is 4.74 Å². The lowest BCUT2D eigenvalue weighted by molar-refractivity contribution is 0.144. The lowest BCUT2D eigenvalue weighted by atomic mass is 10.4. The number of hydrogen-bond acceptors (Lipinski definition) is 3. The Morgan fingerprint density at radius 1 is 1.44 bits per heavy atom. The van der Waals surface area contributed by atoms with Crippen LogP contribution >= 0.6 is 12.4 Å². The predicted octanol–water partition coefficient (Wildman–Crippen LogP) is 1.84. The van der Waals surface area contributed by atoms with Gasteiger partial charge in [-0.3, -0.25) is 4.68 Å². The Balaban J connectivity index is 0.00000225. The normalized spacial score (nSPS) is 10.1. The van der Waals surface area contributed by atoms with Gasteiger partial charge in [0.05, 0.1) is 5.69 Å². The summed E-state index contributed by atoms with van der Waals surface area (Å²) in [6, 6.07) is 2.05. The minimum atomic E-state index is 0. The lowest BCUT2D eigenvalue weighted by Gasteiger charge is -2.06. The first-order chi connectivity index (χ1) is 7.38. The van der Waals surface area contributed by atoms with Crippen molar-refractivity contribution in [1.29, 1.82) is 0 Å². The molecule has 0 bridgehead atoms. The molecule has 1 aromatic heterocycles. The second-order valence-electron chi connectivity index (χ2n) is 3.37. The van der Waals surface area contributed by atoms with Crippen LogP contribution in [0.3, 0.4) is 0 Å². The number of hydrogen-bond donors (Lipinski definition) is 1. The highest BCUT2D eigenvalue weighted by Crippen LogP contribution is 1.97. The third-order valence-electron chi connectivity index (χ3n) is 2.26. The molecule has 1 aromatic rings. The molecule has 1 rings (SSSR count). The minimum absolute atomic E-state index is 0. The molecule has 0 aliphatic heterocycles. The summed E-state index contributed by atoms with van der Waals surface area (Å²) < 4.78 is 7.27. The lowest BCUT2D eigenvalue weighted by Crippen LogP contribution is -2.18. The van der Waals surface area contributed by atoms with E-state index in [-0.39, 0.29) is 12.4 Å². The van der Waals surface area contributed by atoms with E-state index >= 15 is 0 Å². The average Bonchev–Trinajstić information content (AvgIpc) is 2.70. The van der Waals surface area contributed by atoms with Crippen LogP contribution in [0.25, 0.3) is 0 Å². The molecule has 5 heteroatoms. The third-order valence-corrected chi connectivity index (χ3v) is 2.26. The van der Waals surface area contributed by atoms with E-state index in [1.807, 2.05) is 17.8 Å². The van der Waals surface area contributed by atoms with E-state index in [9.17, 15) is 0 Å². The molecule has 1 N–H and O–H groups in total. The highest BCUT2D eigenvalue weighted by atomic mass is 35.5. The molecule has 0 aliphatic carbocycles. The van der Waals surface area contributed by atoms with E-state index in [2.05, 4.69) is 23.4 Å². The zero-order valence-corrected chi connectivity index (χ0v) is 10.9. The van der Waals surface area contributed by atoms with Crippen molar-refractivity contribution in [2.24, 2.45) is 0 Å². The van der Waals surface area contributed by atoms with Crippen LogP contribution in [-0.4, -0.2) is 29.5 Å². The van der Waals surface area contributed by atoms with Crippen molar-refractivity contribution >= 4 is 12.4 Å². The Labute approximate surface area is 104 Å². The Morgan fingerprint density at radius 3 is 2.94 bits per heavy atom. The van der Waals surface area contributed by atoms with Crippen molar-refractivity contribution in [1.82, 2.24) is 15.1 Å². The van der Waals surface area contributed by atoms with Crippen molar-refractivity contribution in [2.45, 2.75) is 33.4 Å². The summed E-state index contributed by atoms with van der Waals surface area (Å²) in [5, 5.41) is 7.60.